The van der Waals surface area contributed by atoms with E-state index in [4.69, 9.17) is 4.74 Å². The number of phenolic OH excluding ortho intramolecular Hbond substituents is 1. The van der Waals surface area contributed by atoms with Crippen molar-refractivity contribution in [3.8, 4) is 22.9 Å². The van der Waals surface area contributed by atoms with E-state index in [1.54, 1.807) is 23.5 Å². The van der Waals surface area contributed by atoms with Crippen molar-refractivity contribution in [2.24, 2.45) is 0 Å². The molecule has 0 saturated heterocycles. The van der Waals surface area contributed by atoms with E-state index in [-0.39, 0.29) is 11.3 Å². The van der Waals surface area contributed by atoms with Crippen LogP contribution in [0.5, 0.6) is 11.5 Å². The van der Waals surface area contributed by atoms with Crippen molar-refractivity contribution in [1.82, 2.24) is 9.97 Å². The second kappa shape index (κ2) is 4.84. The lowest BCUT2D eigenvalue weighted by Gasteiger charge is -2.06. The third-order valence-corrected chi connectivity index (χ3v) is 5.21. The number of H-pyrrole nitrogens is 1. The van der Waals surface area contributed by atoms with Gasteiger partial charge in [0.15, 0.2) is 11.5 Å². The van der Waals surface area contributed by atoms with Crippen LogP contribution < -0.4 is 10.3 Å². The van der Waals surface area contributed by atoms with Crippen LogP contribution in [0.1, 0.15) is 16.9 Å². The lowest BCUT2D eigenvalue weighted by atomic mass is 10.1. The molecule has 1 aliphatic carbocycles. The summed E-state index contributed by atoms with van der Waals surface area (Å²) in [7, 11) is 1.49. The molecule has 1 aliphatic rings. The number of aryl methyl sites for hydroxylation is 2. The minimum absolute atomic E-state index is 0.0600. The van der Waals surface area contributed by atoms with Crippen molar-refractivity contribution >= 4 is 21.6 Å². The highest BCUT2D eigenvalue weighted by Gasteiger charge is 2.21. The zero-order valence-electron chi connectivity index (χ0n) is 12.0. The van der Waals surface area contributed by atoms with E-state index >= 15 is 0 Å². The molecule has 22 heavy (non-hydrogen) atoms. The number of aromatic hydroxyl groups is 1. The Morgan fingerprint density at radius 2 is 2.23 bits per heavy atom. The van der Waals surface area contributed by atoms with Gasteiger partial charge in [0, 0.05) is 10.4 Å². The summed E-state index contributed by atoms with van der Waals surface area (Å²) in [6.07, 6.45) is 3.12. The fourth-order valence-corrected chi connectivity index (χ4v) is 4.23. The summed E-state index contributed by atoms with van der Waals surface area (Å²) in [5.74, 6) is 0.911. The molecule has 5 nitrogen and oxygen atoms in total. The lowest BCUT2D eigenvalue weighted by Crippen LogP contribution is -2.09. The third kappa shape index (κ3) is 1.91. The average Bonchev–Trinajstić information content (AvgIpc) is 3.07. The Bertz CT molecular complexity index is 942. The van der Waals surface area contributed by atoms with Gasteiger partial charge < -0.3 is 14.8 Å². The summed E-state index contributed by atoms with van der Waals surface area (Å²) in [5.41, 5.74) is 1.79. The van der Waals surface area contributed by atoms with Gasteiger partial charge in [0.2, 0.25) is 0 Å². The maximum atomic E-state index is 12.4. The number of benzene rings is 1. The zero-order chi connectivity index (χ0) is 15.3. The second-order valence-electron chi connectivity index (χ2n) is 5.34. The maximum Gasteiger partial charge on any atom is 0.260 e. The molecule has 0 saturated carbocycles. The van der Waals surface area contributed by atoms with Gasteiger partial charge in [-0.3, -0.25) is 4.79 Å². The smallest absolute Gasteiger partial charge is 0.260 e. The van der Waals surface area contributed by atoms with Crippen molar-refractivity contribution in [3.05, 3.63) is 39.0 Å². The average molecular weight is 314 g/mol. The molecule has 1 aromatic carbocycles. The summed E-state index contributed by atoms with van der Waals surface area (Å²) in [6.45, 7) is 0. The molecule has 2 aromatic heterocycles. The standard InChI is InChI=1S/C16H14N2O3S/c1-21-11-7-8(5-6-10(11)19)14-17-15(20)13-9-3-2-4-12(9)22-16(13)18-14/h5-7,19H,2-4H2,1H3,(H,17,18,20). The van der Waals surface area contributed by atoms with Gasteiger partial charge in [-0.25, -0.2) is 4.98 Å². The molecule has 3 aromatic rings. The molecular weight excluding hydrogens is 300 g/mol. The van der Waals surface area contributed by atoms with Gasteiger partial charge in [-0.15, -0.1) is 11.3 Å². The van der Waals surface area contributed by atoms with Crippen LogP contribution in [0.2, 0.25) is 0 Å². The molecule has 2 heterocycles. The van der Waals surface area contributed by atoms with Gasteiger partial charge in [0.25, 0.3) is 5.56 Å². The number of methoxy groups -OCH3 is 1. The minimum Gasteiger partial charge on any atom is -0.504 e. The number of rotatable bonds is 2. The Morgan fingerprint density at radius 3 is 3.05 bits per heavy atom. The topological polar surface area (TPSA) is 75.2 Å². The van der Waals surface area contributed by atoms with Gasteiger partial charge in [-0.2, -0.15) is 0 Å². The number of hydrogen-bond donors (Lipinski definition) is 2. The summed E-state index contributed by atoms with van der Waals surface area (Å²) in [4.78, 5) is 22.0. The normalized spacial score (nSPS) is 13.5. The van der Waals surface area contributed by atoms with E-state index in [2.05, 4.69) is 9.97 Å². The van der Waals surface area contributed by atoms with E-state index in [9.17, 15) is 9.90 Å². The van der Waals surface area contributed by atoms with Crippen LogP contribution in [0.15, 0.2) is 23.0 Å². The van der Waals surface area contributed by atoms with Crippen LogP contribution in [0.25, 0.3) is 21.6 Å². The lowest BCUT2D eigenvalue weighted by molar-refractivity contribution is 0.373. The number of nitrogens with zero attached hydrogens (tertiary/aromatic N) is 1. The van der Waals surface area contributed by atoms with E-state index in [0.717, 1.165) is 29.5 Å². The quantitative estimate of drug-likeness (QED) is 0.762. The van der Waals surface area contributed by atoms with E-state index in [1.165, 1.54) is 23.6 Å². The number of phenols is 1. The molecule has 0 aliphatic heterocycles. The molecule has 0 amide bonds. The first kappa shape index (κ1) is 13.3. The highest BCUT2D eigenvalue weighted by Crippen LogP contribution is 2.36. The Hall–Kier alpha value is -2.34. The number of ether oxygens (including phenoxy) is 1. The molecule has 2 N–H and O–H groups in total. The van der Waals surface area contributed by atoms with Crippen molar-refractivity contribution in [3.63, 3.8) is 0 Å². The van der Waals surface area contributed by atoms with Crippen LogP contribution in [-0.2, 0) is 12.8 Å². The van der Waals surface area contributed by atoms with Crippen molar-refractivity contribution in [2.75, 3.05) is 7.11 Å². The van der Waals surface area contributed by atoms with Crippen LogP contribution in [0, 0.1) is 0 Å². The molecule has 0 fully saturated rings. The minimum atomic E-state index is -0.0913. The Kier molecular flexibility index (Phi) is 2.94. The van der Waals surface area contributed by atoms with Gasteiger partial charge in [0.1, 0.15) is 10.7 Å². The van der Waals surface area contributed by atoms with Crippen LogP contribution in [-0.4, -0.2) is 22.2 Å². The molecule has 0 spiro atoms. The van der Waals surface area contributed by atoms with Crippen LogP contribution >= 0.6 is 11.3 Å². The molecular formula is C16H14N2O3S. The van der Waals surface area contributed by atoms with Crippen LogP contribution in [0.3, 0.4) is 0 Å². The Labute approximate surface area is 130 Å². The first-order valence-electron chi connectivity index (χ1n) is 7.09. The maximum absolute atomic E-state index is 12.4. The van der Waals surface area contributed by atoms with Crippen LogP contribution in [0.4, 0.5) is 0 Å². The molecule has 0 radical (unpaired) electrons. The first-order valence-corrected chi connectivity index (χ1v) is 7.91. The third-order valence-electron chi connectivity index (χ3n) is 4.03. The molecule has 0 bridgehead atoms. The predicted octanol–water partition coefficient (Wildman–Crippen LogP) is 2.85. The van der Waals surface area contributed by atoms with Gasteiger partial charge in [-0.1, -0.05) is 0 Å². The van der Waals surface area contributed by atoms with E-state index < -0.39 is 0 Å². The van der Waals surface area contributed by atoms with E-state index in [0.29, 0.717) is 17.1 Å². The summed E-state index contributed by atoms with van der Waals surface area (Å²) >= 11 is 1.61. The number of thiophene rings is 1. The predicted molar refractivity (Wildman–Crippen MR) is 85.9 cm³/mol. The van der Waals surface area contributed by atoms with Gasteiger partial charge in [-0.05, 0) is 43.0 Å². The zero-order valence-corrected chi connectivity index (χ0v) is 12.8. The second-order valence-corrected chi connectivity index (χ2v) is 6.42. The van der Waals surface area contributed by atoms with Crippen molar-refractivity contribution < 1.29 is 9.84 Å². The number of aromatic amines is 1. The monoisotopic (exact) mass is 314 g/mol. The summed E-state index contributed by atoms with van der Waals surface area (Å²) in [5, 5.41) is 10.4. The molecule has 4 rings (SSSR count). The van der Waals surface area contributed by atoms with Crippen molar-refractivity contribution in [2.45, 2.75) is 19.3 Å². The van der Waals surface area contributed by atoms with E-state index in [1.807, 2.05) is 0 Å². The first-order chi connectivity index (χ1) is 10.7. The summed E-state index contributed by atoms with van der Waals surface area (Å²) < 4.78 is 5.11. The SMILES string of the molecule is COc1cc(-c2nc3sc4c(c3c(=O)[nH]2)CCC4)ccc1O. The highest BCUT2D eigenvalue weighted by molar-refractivity contribution is 7.18. The van der Waals surface area contributed by atoms with Crippen molar-refractivity contribution in [1.29, 1.82) is 0 Å². The van der Waals surface area contributed by atoms with Gasteiger partial charge >= 0.3 is 0 Å². The fraction of sp³-hybridized carbons (Fsp3) is 0.250. The number of nitrogens with one attached hydrogen (secondary N) is 1. The number of hydrogen-bond acceptors (Lipinski definition) is 5. The van der Waals surface area contributed by atoms with Gasteiger partial charge in [0.05, 0.1) is 12.5 Å². The largest absolute Gasteiger partial charge is 0.504 e. The molecule has 0 atom stereocenters. The molecule has 6 heteroatoms. The number of aromatic nitrogens is 2. The fourth-order valence-electron chi connectivity index (χ4n) is 2.96. The highest BCUT2D eigenvalue weighted by atomic mass is 32.1. The molecule has 112 valence electrons. The Balaban J connectivity index is 1.92. The Morgan fingerprint density at radius 1 is 1.36 bits per heavy atom. The summed E-state index contributed by atoms with van der Waals surface area (Å²) in [6, 6.07) is 4.91. The molecule has 0 unspecified atom stereocenters. The number of fused-ring (bicyclic) bond motifs is 3.